The Balaban J connectivity index is 2.81. The van der Waals surface area contributed by atoms with E-state index >= 15 is 0 Å². The fourth-order valence-corrected chi connectivity index (χ4v) is 2.63. The number of rotatable bonds is 9. The highest BCUT2D eigenvalue weighted by Gasteiger charge is 2.21. The highest BCUT2D eigenvalue weighted by molar-refractivity contribution is 5.11. The highest BCUT2D eigenvalue weighted by atomic mass is 16.5. The smallest absolute Gasteiger partial charge is 0.0728 e. The molecule has 4 heteroatoms. The molecule has 1 aromatic rings. The Kier molecular flexibility index (Phi) is 7.10. The van der Waals surface area contributed by atoms with Crippen LogP contribution in [0.3, 0.4) is 0 Å². The minimum atomic E-state index is 0.269. The van der Waals surface area contributed by atoms with Crippen molar-refractivity contribution >= 4 is 0 Å². The van der Waals surface area contributed by atoms with Gasteiger partial charge in [0.15, 0.2) is 0 Å². The maximum absolute atomic E-state index is 5.67. The standard InChI is InChI=1S/C15H29N3O/c1-6-9-15(19-5)14(16-7-2)11-13-10-12(4)17-18(13)8-3/h10,14-16H,6-9,11H2,1-5H3. The number of hydrogen-bond acceptors (Lipinski definition) is 3. The molecule has 0 aliphatic rings. The second-order valence-corrected chi connectivity index (χ2v) is 5.02. The van der Waals surface area contributed by atoms with Crippen molar-refractivity contribution in [3.63, 3.8) is 0 Å². The third-order valence-corrected chi connectivity index (χ3v) is 3.51. The van der Waals surface area contributed by atoms with Crippen molar-refractivity contribution in [3.05, 3.63) is 17.5 Å². The molecule has 0 spiro atoms. The first kappa shape index (κ1) is 16.2. The molecule has 0 amide bonds. The van der Waals surface area contributed by atoms with Crippen molar-refractivity contribution in [1.29, 1.82) is 0 Å². The summed E-state index contributed by atoms with van der Waals surface area (Å²) in [6.45, 7) is 10.4. The third kappa shape index (κ3) is 4.62. The molecule has 110 valence electrons. The van der Waals surface area contributed by atoms with Gasteiger partial charge in [-0.1, -0.05) is 20.3 Å². The summed E-state index contributed by atoms with van der Waals surface area (Å²) in [5, 5.41) is 8.08. The van der Waals surface area contributed by atoms with Gasteiger partial charge in [0.1, 0.15) is 0 Å². The Morgan fingerprint density at radius 2 is 2.11 bits per heavy atom. The molecule has 1 N–H and O–H groups in total. The molecule has 1 rings (SSSR count). The minimum Gasteiger partial charge on any atom is -0.380 e. The molecular weight excluding hydrogens is 238 g/mol. The van der Waals surface area contributed by atoms with Gasteiger partial charge < -0.3 is 10.1 Å². The largest absolute Gasteiger partial charge is 0.380 e. The second kappa shape index (κ2) is 8.33. The van der Waals surface area contributed by atoms with E-state index in [-0.39, 0.29) is 6.10 Å². The van der Waals surface area contributed by atoms with Crippen molar-refractivity contribution in [2.75, 3.05) is 13.7 Å². The van der Waals surface area contributed by atoms with Crippen LogP contribution in [0.4, 0.5) is 0 Å². The summed E-state index contributed by atoms with van der Waals surface area (Å²) in [4.78, 5) is 0. The topological polar surface area (TPSA) is 39.1 Å². The first-order chi connectivity index (χ1) is 9.15. The first-order valence-electron chi connectivity index (χ1n) is 7.45. The van der Waals surface area contributed by atoms with Crippen LogP contribution in [-0.2, 0) is 17.7 Å². The molecule has 1 aromatic heterocycles. The Labute approximate surface area is 117 Å². The molecule has 1 heterocycles. The lowest BCUT2D eigenvalue weighted by Crippen LogP contribution is -2.43. The molecule has 4 nitrogen and oxygen atoms in total. The van der Waals surface area contributed by atoms with Crippen molar-refractivity contribution in [2.45, 2.75) is 65.6 Å². The van der Waals surface area contributed by atoms with Crippen LogP contribution in [0.2, 0.25) is 0 Å². The van der Waals surface area contributed by atoms with E-state index in [0.29, 0.717) is 6.04 Å². The normalized spacial score (nSPS) is 14.6. The molecule has 19 heavy (non-hydrogen) atoms. The molecule has 0 aromatic carbocycles. The lowest BCUT2D eigenvalue weighted by atomic mass is 10.0. The Hall–Kier alpha value is -0.870. The molecule has 0 aliphatic heterocycles. The molecule has 0 saturated carbocycles. The first-order valence-corrected chi connectivity index (χ1v) is 7.45. The molecule has 0 aliphatic carbocycles. The van der Waals surface area contributed by atoms with Crippen molar-refractivity contribution in [3.8, 4) is 0 Å². The monoisotopic (exact) mass is 267 g/mol. The van der Waals surface area contributed by atoms with Crippen LogP contribution in [0.25, 0.3) is 0 Å². The second-order valence-electron chi connectivity index (χ2n) is 5.02. The lowest BCUT2D eigenvalue weighted by molar-refractivity contribution is 0.0608. The lowest BCUT2D eigenvalue weighted by Gasteiger charge is -2.26. The molecule has 0 saturated heterocycles. The Morgan fingerprint density at radius 1 is 1.37 bits per heavy atom. The fraction of sp³-hybridized carbons (Fsp3) is 0.800. The predicted molar refractivity (Wildman–Crippen MR) is 79.5 cm³/mol. The van der Waals surface area contributed by atoms with Crippen LogP contribution in [0, 0.1) is 6.92 Å². The number of nitrogens with zero attached hydrogens (tertiary/aromatic N) is 2. The maximum atomic E-state index is 5.67. The van der Waals surface area contributed by atoms with Gasteiger partial charge >= 0.3 is 0 Å². The van der Waals surface area contributed by atoms with E-state index in [1.807, 2.05) is 7.11 Å². The Bertz CT molecular complexity index is 362. The van der Waals surface area contributed by atoms with Gasteiger partial charge in [-0.15, -0.1) is 0 Å². The third-order valence-electron chi connectivity index (χ3n) is 3.51. The predicted octanol–water partition coefficient (Wildman–Crippen LogP) is 2.55. The van der Waals surface area contributed by atoms with Crippen LogP contribution < -0.4 is 5.32 Å². The van der Waals surface area contributed by atoms with Crippen molar-refractivity contribution < 1.29 is 4.74 Å². The van der Waals surface area contributed by atoms with Gasteiger partial charge in [0.25, 0.3) is 0 Å². The summed E-state index contributed by atoms with van der Waals surface area (Å²) >= 11 is 0. The van der Waals surface area contributed by atoms with Crippen molar-refractivity contribution in [2.24, 2.45) is 0 Å². The number of aryl methyl sites for hydroxylation is 2. The molecule has 0 radical (unpaired) electrons. The number of hydrogen-bond donors (Lipinski definition) is 1. The van der Waals surface area contributed by atoms with Crippen molar-refractivity contribution in [1.82, 2.24) is 15.1 Å². The summed E-state index contributed by atoms with van der Waals surface area (Å²) in [6.07, 6.45) is 3.48. The number of likely N-dealkylation sites (N-methyl/N-ethyl adjacent to an activating group) is 1. The van der Waals surface area contributed by atoms with Crippen LogP contribution in [0.1, 0.15) is 45.0 Å². The molecule has 2 unspecified atom stereocenters. The van der Waals surface area contributed by atoms with Crippen LogP contribution in [0.15, 0.2) is 6.07 Å². The van der Waals surface area contributed by atoms with E-state index in [2.05, 4.69) is 48.9 Å². The van der Waals surface area contributed by atoms with Gasteiger partial charge in [0.05, 0.1) is 11.8 Å². The fourth-order valence-electron chi connectivity index (χ4n) is 2.63. The van der Waals surface area contributed by atoms with Crippen LogP contribution in [0.5, 0.6) is 0 Å². The van der Waals surface area contributed by atoms with E-state index in [1.165, 1.54) is 5.69 Å². The van der Waals surface area contributed by atoms with Crippen LogP contribution >= 0.6 is 0 Å². The van der Waals surface area contributed by atoms with Gasteiger partial charge in [0.2, 0.25) is 0 Å². The zero-order valence-electron chi connectivity index (χ0n) is 13.1. The summed E-state index contributed by atoms with van der Waals surface area (Å²) in [5.74, 6) is 0. The Morgan fingerprint density at radius 3 is 2.63 bits per heavy atom. The molecule has 0 fully saturated rings. The quantitative estimate of drug-likeness (QED) is 0.747. The summed E-state index contributed by atoms with van der Waals surface area (Å²) in [7, 11) is 1.81. The number of methoxy groups -OCH3 is 1. The number of ether oxygens (including phenoxy) is 1. The van der Waals surface area contributed by atoms with E-state index in [4.69, 9.17) is 4.74 Å². The zero-order chi connectivity index (χ0) is 14.3. The summed E-state index contributed by atoms with van der Waals surface area (Å²) in [5.41, 5.74) is 2.39. The van der Waals surface area contributed by atoms with Crippen LogP contribution in [-0.4, -0.2) is 35.6 Å². The summed E-state index contributed by atoms with van der Waals surface area (Å²) in [6, 6.07) is 2.54. The van der Waals surface area contributed by atoms with Gasteiger partial charge in [-0.2, -0.15) is 5.10 Å². The average Bonchev–Trinajstić information content (AvgIpc) is 2.75. The SMILES string of the molecule is CCCC(OC)C(Cc1cc(C)nn1CC)NCC. The summed E-state index contributed by atoms with van der Waals surface area (Å²) < 4.78 is 7.76. The van der Waals surface area contributed by atoms with E-state index in [0.717, 1.165) is 38.0 Å². The van der Waals surface area contributed by atoms with E-state index < -0.39 is 0 Å². The van der Waals surface area contributed by atoms with Gasteiger partial charge in [-0.05, 0) is 32.9 Å². The number of aromatic nitrogens is 2. The minimum absolute atomic E-state index is 0.269. The molecule has 2 atom stereocenters. The number of nitrogens with one attached hydrogen (secondary N) is 1. The zero-order valence-corrected chi connectivity index (χ0v) is 13.1. The average molecular weight is 267 g/mol. The van der Waals surface area contributed by atoms with Gasteiger partial charge in [0, 0.05) is 31.8 Å². The van der Waals surface area contributed by atoms with E-state index in [1.54, 1.807) is 0 Å². The van der Waals surface area contributed by atoms with Gasteiger partial charge in [-0.25, -0.2) is 0 Å². The molecule has 0 bridgehead atoms. The van der Waals surface area contributed by atoms with Gasteiger partial charge in [-0.3, -0.25) is 4.68 Å². The highest BCUT2D eigenvalue weighted by Crippen LogP contribution is 2.14. The van der Waals surface area contributed by atoms with E-state index in [9.17, 15) is 0 Å². The molecular formula is C15H29N3O. The maximum Gasteiger partial charge on any atom is 0.0728 e.